The Kier molecular flexibility index (Phi) is 3.71. The first-order valence-electron chi connectivity index (χ1n) is 7.11. The third kappa shape index (κ3) is 2.42. The first kappa shape index (κ1) is 15.7. The average Bonchev–Trinajstić information content (AvgIpc) is 2.87. The van der Waals surface area contributed by atoms with Crippen LogP contribution in [0.4, 0.5) is 0 Å². The summed E-state index contributed by atoms with van der Waals surface area (Å²) < 4.78 is 27.5. The maximum absolute atomic E-state index is 13.0. The van der Waals surface area contributed by atoms with Crippen LogP contribution in [0.1, 0.15) is 20.3 Å². The largest absolute Gasteiger partial charge is 0.345 e. The molecule has 2 aromatic rings. The van der Waals surface area contributed by atoms with Crippen LogP contribution in [-0.2, 0) is 10.0 Å². The van der Waals surface area contributed by atoms with Gasteiger partial charge in [0.15, 0.2) is 0 Å². The molecule has 1 aliphatic heterocycles. The number of piperidine rings is 1. The Hall–Kier alpha value is -1.15. The van der Waals surface area contributed by atoms with Crippen molar-refractivity contribution in [3.8, 4) is 0 Å². The number of aromatic amines is 1. The summed E-state index contributed by atoms with van der Waals surface area (Å²) in [4.78, 5) is 7.17. The Morgan fingerprint density at radius 2 is 2.23 bits per heavy atom. The van der Waals surface area contributed by atoms with E-state index in [0.717, 1.165) is 0 Å². The topological polar surface area (TPSA) is 92.1 Å². The molecule has 8 heteroatoms. The van der Waals surface area contributed by atoms with Gasteiger partial charge in [0.1, 0.15) is 10.5 Å². The fourth-order valence-electron chi connectivity index (χ4n) is 2.86. The van der Waals surface area contributed by atoms with Gasteiger partial charge >= 0.3 is 0 Å². The molecule has 2 aromatic heterocycles. The highest BCUT2D eigenvalue weighted by Gasteiger charge is 2.39. The summed E-state index contributed by atoms with van der Waals surface area (Å²) in [5.41, 5.74) is 6.30. The molecule has 0 amide bonds. The predicted molar refractivity (Wildman–Crippen MR) is 86.2 cm³/mol. The zero-order valence-electron chi connectivity index (χ0n) is 12.5. The van der Waals surface area contributed by atoms with Crippen molar-refractivity contribution in [1.29, 1.82) is 0 Å². The molecule has 3 heterocycles. The van der Waals surface area contributed by atoms with Gasteiger partial charge in [-0.3, -0.25) is 0 Å². The van der Waals surface area contributed by atoms with E-state index in [1.807, 2.05) is 13.8 Å². The van der Waals surface area contributed by atoms with Crippen LogP contribution in [0.2, 0.25) is 5.02 Å². The molecule has 1 unspecified atom stereocenters. The van der Waals surface area contributed by atoms with Crippen molar-refractivity contribution in [1.82, 2.24) is 14.3 Å². The van der Waals surface area contributed by atoms with Gasteiger partial charge in [-0.05, 0) is 17.9 Å². The van der Waals surface area contributed by atoms with E-state index in [9.17, 15) is 8.42 Å². The van der Waals surface area contributed by atoms with Gasteiger partial charge in [0.05, 0.1) is 10.4 Å². The van der Waals surface area contributed by atoms with E-state index in [0.29, 0.717) is 35.6 Å². The highest BCUT2D eigenvalue weighted by Crippen LogP contribution is 2.34. The number of pyridine rings is 1. The number of aromatic nitrogens is 2. The minimum Gasteiger partial charge on any atom is -0.345 e. The number of hydrogen-bond donors (Lipinski definition) is 2. The van der Waals surface area contributed by atoms with Crippen molar-refractivity contribution in [2.24, 2.45) is 11.1 Å². The van der Waals surface area contributed by atoms with Crippen molar-refractivity contribution in [3.63, 3.8) is 0 Å². The smallest absolute Gasteiger partial charge is 0.245 e. The maximum atomic E-state index is 13.0. The molecule has 0 saturated carbocycles. The molecule has 120 valence electrons. The van der Waals surface area contributed by atoms with Crippen LogP contribution >= 0.6 is 11.6 Å². The lowest BCUT2D eigenvalue weighted by Gasteiger charge is -2.41. The molecule has 1 saturated heterocycles. The monoisotopic (exact) mass is 342 g/mol. The Labute approximate surface area is 134 Å². The molecular formula is C14H19ClN4O2S. The van der Waals surface area contributed by atoms with Gasteiger partial charge in [-0.1, -0.05) is 25.4 Å². The second kappa shape index (κ2) is 5.19. The van der Waals surface area contributed by atoms with E-state index < -0.39 is 10.0 Å². The number of nitrogens with one attached hydrogen (secondary N) is 1. The summed E-state index contributed by atoms with van der Waals surface area (Å²) >= 11 is 6.16. The van der Waals surface area contributed by atoms with Crippen LogP contribution in [0, 0.1) is 5.41 Å². The zero-order chi connectivity index (χ0) is 16.1. The quantitative estimate of drug-likeness (QED) is 0.872. The van der Waals surface area contributed by atoms with Crippen LogP contribution in [-0.4, -0.2) is 41.8 Å². The number of hydrogen-bond acceptors (Lipinski definition) is 4. The van der Waals surface area contributed by atoms with Crippen molar-refractivity contribution in [2.45, 2.75) is 31.2 Å². The van der Waals surface area contributed by atoms with E-state index in [2.05, 4.69) is 9.97 Å². The van der Waals surface area contributed by atoms with Gasteiger partial charge in [0.25, 0.3) is 0 Å². The van der Waals surface area contributed by atoms with E-state index in [-0.39, 0.29) is 16.4 Å². The minimum absolute atomic E-state index is 0.00725. The van der Waals surface area contributed by atoms with Gasteiger partial charge in [-0.25, -0.2) is 13.4 Å². The first-order valence-corrected chi connectivity index (χ1v) is 8.92. The second-order valence-corrected chi connectivity index (χ2v) is 8.71. The van der Waals surface area contributed by atoms with Gasteiger partial charge < -0.3 is 10.7 Å². The number of H-pyrrole nitrogens is 1. The van der Waals surface area contributed by atoms with E-state index in [1.165, 1.54) is 10.5 Å². The summed E-state index contributed by atoms with van der Waals surface area (Å²) in [7, 11) is -3.64. The van der Waals surface area contributed by atoms with Gasteiger partial charge in [-0.2, -0.15) is 4.31 Å². The lowest BCUT2D eigenvalue weighted by Crippen LogP contribution is -2.53. The number of halogens is 1. The number of nitrogens with zero attached hydrogens (tertiary/aromatic N) is 2. The summed E-state index contributed by atoms with van der Waals surface area (Å²) in [6, 6.07) is 1.58. The molecular weight excluding hydrogens is 324 g/mol. The standard InChI is InChI=1S/C14H19ClN4O2S/c1-14(2)8-19(6-4-11(14)16)22(20,21)10-7-18-13-12(10)9(15)3-5-17-13/h3,5,7,11H,4,6,8,16H2,1-2H3,(H,17,18). The molecule has 0 spiro atoms. The molecule has 3 N–H and O–H groups in total. The highest BCUT2D eigenvalue weighted by molar-refractivity contribution is 7.89. The molecule has 6 nitrogen and oxygen atoms in total. The van der Waals surface area contributed by atoms with E-state index in [1.54, 1.807) is 12.3 Å². The van der Waals surface area contributed by atoms with Crippen LogP contribution in [0.5, 0.6) is 0 Å². The molecule has 1 atom stereocenters. The van der Waals surface area contributed by atoms with Crippen molar-refractivity contribution < 1.29 is 8.42 Å². The summed E-state index contributed by atoms with van der Waals surface area (Å²) in [6.45, 7) is 4.78. The fourth-order valence-corrected chi connectivity index (χ4v) is 4.96. The first-order chi connectivity index (χ1) is 10.2. The SMILES string of the molecule is CC1(C)CN(S(=O)(=O)c2c[nH]c3nccc(Cl)c23)CCC1N. The average molecular weight is 343 g/mol. The fraction of sp³-hybridized carbons (Fsp3) is 0.500. The molecule has 1 fully saturated rings. The van der Waals surface area contributed by atoms with Gasteiger partial charge in [0, 0.05) is 31.5 Å². The van der Waals surface area contributed by atoms with Crippen LogP contribution in [0.25, 0.3) is 11.0 Å². The van der Waals surface area contributed by atoms with Gasteiger partial charge in [-0.15, -0.1) is 0 Å². The highest BCUT2D eigenvalue weighted by atomic mass is 35.5. The Morgan fingerprint density at radius 1 is 1.50 bits per heavy atom. The second-order valence-electron chi connectivity index (χ2n) is 6.39. The van der Waals surface area contributed by atoms with E-state index >= 15 is 0 Å². The third-order valence-electron chi connectivity index (χ3n) is 4.38. The van der Waals surface area contributed by atoms with E-state index in [4.69, 9.17) is 17.3 Å². The summed E-state index contributed by atoms with van der Waals surface area (Å²) in [6.07, 6.45) is 3.64. The lowest BCUT2D eigenvalue weighted by atomic mass is 9.81. The molecule has 0 bridgehead atoms. The maximum Gasteiger partial charge on any atom is 0.245 e. The summed E-state index contributed by atoms with van der Waals surface area (Å²) in [5, 5.41) is 0.814. The van der Waals surface area contributed by atoms with Gasteiger partial charge in [0.2, 0.25) is 10.0 Å². The Balaban J connectivity index is 2.06. The third-order valence-corrected chi connectivity index (χ3v) is 6.57. The number of fused-ring (bicyclic) bond motifs is 1. The summed E-state index contributed by atoms with van der Waals surface area (Å²) in [5.74, 6) is 0. The molecule has 1 aliphatic rings. The molecule has 0 aromatic carbocycles. The van der Waals surface area contributed by atoms with Crippen molar-refractivity contribution in [2.75, 3.05) is 13.1 Å². The van der Waals surface area contributed by atoms with Crippen LogP contribution in [0.15, 0.2) is 23.4 Å². The Morgan fingerprint density at radius 3 is 2.91 bits per heavy atom. The predicted octanol–water partition coefficient (Wildman–Crippen LogP) is 1.96. The van der Waals surface area contributed by atoms with Crippen molar-refractivity contribution >= 4 is 32.7 Å². The van der Waals surface area contributed by atoms with Crippen LogP contribution < -0.4 is 5.73 Å². The molecule has 0 aliphatic carbocycles. The minimum atomic E-state index is -3.64. The molecule has 22 heavy (non-hydrogen) atoms. The number of sulfonamides is 1. The number of rotatable bonds is 2. The normalized spacial score (nSPS) is 23.0. The molecule has 0 radical (unpaired) electrons. The molecule has 3 rings (SSSR count). The zero-order valence-corrected chi connectivity index (χ0v) is 14.1. The number of nitrogens with two attached hydrogens (primary N) is 1. The van der Waals surface area contributed by atoms with Crippen molar-refractivity contribution in [3.05, 3.63) is 23.5 Å². The Bertz CT molecular complexity index is 815. The lowest BCUT2D eigenvalue weighted by molar-refractivity contribution is 0.155. The van der Waals surface area contributed by atoms with Crippen LogP contribution in [0.3, 0.4) is 0 Å².